The average Bonchev–Trinajstić information content (AvgIpc) is 0.964. The van der Waals surface area contributed by atoms with E-state index in [2.05, 4.69) is 16.0 Å². The van der Waals surface area contributed by atoms with Gasteiger partial charge >= 0.3 is 15.9 Å². The maximum atomic E-state index is 13.8. The molecule has 0 aromatic carbocycles. The standard InChI is InChI=1S/C78H143N5O24P2/c1-58-73(94)75(96)67(54-85)105-77(58)100-47-36-30-40-69(90)80-45-33-29-38-65(81-70(91)41-31-37-48-101-78-59(2)74(95)76(97)68(55-86)106-78)66(89)39-26-21-22-27-42-71(92)82-52-63(88)50-61(82)56-102-108(98)107-64-51-62(83(53-64)72(93)43-28-25-32-44-79-60(3)87)57-104-109(4,99)103-49-35-24-20-18-16-14-12-10-8-6-5-7-9-11-13-15-17-19-23-34-46-84/h58-59,61-65,67-68,73-78,84-86,88,94-97H,5-57H2,1-4H3,(H2-,79,80,81,87,90,91)/p+1/t58?,59?,61-,62-,63+,64+,65-,67?,68?,73?,74?,75?,76?,77?,78?,109?/m0/s1. The molecular formula is C78H144N5O24P2+. The molecule has 0 saturated carbocycles. The fourth-order valence-corrected chi connectivity index (χ4v) is 16.3. The summed E-state index contributed by atoms with van der Waals surface area (Å²) < 4.78 is 73.1. The lowest BCUT2D eigenvalue weighted by Crippen LogP contribution is -2.55. The molecule has 12 unspecified atom stereocenters. The zero-order valence-electron chi connectivity index (χ0n) is 66.5. The van der Waals surface area contributed by atoms with Gasteiger partial charge in [0.25, 0.3) is 0 Å². The Morgan fingerprint density at radius 1 is 0.495 bits per heavy atom. The molecule has 109 heavy (non-hydrogen) atoms. The summed E-state index contributed by atoms with van der Waals surface area (Å²) in [6.07, 6.45) is 23.2. The molecule has 17 atom stereocenters. The highest BCUT2D eigenvalue weighted by Crippen LogP contribution is 2.45. The van der Waals surface area contributed by atoms with E-state index in [4.69, 9.17) is 42.1 Å². The van der Waals surface area contributed by atoms with Gasteiger partial charge in [0.1, 0.15) is 37.1 Å². The van der Waals surface area contributed by atoms with Crippen LogP contribution in [-0.4, -0.2) is 251 Å². The van der Waals surface area contributed by atoms with Gasteiger partial charge in [-0.3, -0.25) is 33.3 Å². The Balaban J connectivity index is 1.16. The topological polar surface area (TPSA) is 415 Å². The molecule has 0 bridgehead atoms. The van der Waals surface area contributed by atoms with Crippen molar-refractivity contribution in [1.82, 2.24) is 25.8 Å². The molecule has 4 fully saturated rings. The smallest absolute Gasteiger partial charge is 0.396 e. The van der Waals surface area contributed by atoms with Crippen molar-refractivity contribution >= 4 is 51.2 Å². The third-order valence-electron chi connectivity index (χ3n) is 21.4. The molecular weight excluding hydrogens is 1450 g/mol. The fourth-order valence-electron chi connectivity index (χ4n) is 14.6. The van der Waals surface area contributed by atoms with Crippen LogP contribution < -0.4 is 16.0 Å². The van der Waals surface area contributed by atoms with Gasteiger partial charge in [0.2, 0.25) is 29.5 Å². The Kier molecular flexibility index (Phi) is 52.7. The first-order valence-corrected chi connectivity index (χ1v) is 44.9. The number of ketones is 1. The lowest BCUT2D eigenvalue weighted by molar-refractivity contribution is -0.282. The molecule has 0 radical (unpaired) electrons. The zero-order valence-corrected chi connectivity index (χ0v) is 68.3. The molecule has 5 amide bonds. The lowest BCUT2D eigenvalue weighted by Gasteiger charge is -2.40. The van der Waals surface area contributed by atoms with Crippen LogP contribution in [0.2, 0.25) is 0 Å². The molecule has 4 aliphatic heterocycles. The minimum atomic E-state index is -3.50. The first-order chi connectivity index (χ1) is 52.5. The highest BCUT2D eigenvalue weighted by molar-refractivity contribution is 7.52. The minimum absolute atomic E-state index is 0.0711. The second-order valence-electron chi connectivity index (χ2n) is 30.9. The van der Waals surface area contributed by atoms with Crippen molar-refractivity contribution in [3.8, 4) is 0 Å². The highest BCUT2D eigenvalue weighted by atomic mass is 31.2. The van der Waals surface area contributed by atoms with Gasteiger partial charge in [0.05, 0.1) is 69.4 Å². The Bertz CT molecular complexity index is 2550. The van der Waals surface area contributed by atoms with Crippen LogP contribution in [0.3, 0.4) is 0 Å². The number of hydrogen-bond donors (Lipinski definition) is 11. The second-order valence-corrected chi connectivity index (χ2v) is 33.9. The predicted molar refractivity (Wildman–Crippen MR) is 412 cm³/mol. The van der Waals surface area contributed by atoms with Crippen LogP contribution in [0, 0.1) is 11.8 Å². The maximum absolute atomic E-state index is 13.8. The number of aliphatic hydroxyl groups excluding tert-OH is 8. The van der Waals surface area contributed by atoms with Crippen molar-refractivity contribution in [2.45, 2.75) is 364 Å². The van der Waals surface area contributed by atoms with E-state index < -0.39 is 120 Å². The molecule has 4 rings (SSSR count). The van der Waals surface area contributed by atoms with Crippen LogP contribution in [0.5, 0.6) is 0 Å². The van der Waals surface area contributed by atoms with E-state index in [9.17, 15) is 73.6 Å². The predicted octanol–water partition coefficient (Wildman–Crippen LogP) is 9.16. The van der Waals surface area contributed by atoms with Gasteiger partial charge in [-0.2, -0.15) is 0 Å². The van der Waals surface area contributed by atoms with Crippen LogP contribution in [0.25, 0.3) is 0 Å². The summed E-state index contributed by atoms with van der Waals surface area (Å²) in [5.41, 5.74) is 0. The van der Waals surface area contributed by atoms with Crippen molar-refractivity contribution in [3.63, 3.8) is 0 Å². The normalized spacial score (nSPS) is 25.3. The number of ether oxygens (including phenoxy) is 4. The number of rotatable bonds is 65. The number of carbonyl (C=O) groups excluding carboxylic acids is 6. The molecule has 11 N–H and O–H groups in total. The van der Waals surface area contributed by atoms with Crippen LogP contribution in [0.15, 0.2) is 0 Å². The Morgan fingerprint density at radius 3 is 1.44 bits per heavy atom. The van der Waals surface area contributed by atoms with Gasteiger partial charge in [-0.25, -0.2) is 0 Å². The molecule has 0 spiro atoms. The van der Waals surface area contributed by atoms with E-state index in [1.807, 2.05) is 0 Å². The van der Waals surface area contributed by atoms with Crippen molar-refractivity contribution < 1.29 is 116 Å². The third kappa shape index (κ3) is 41.7. The van der Waals surface area contributed by atoms with Crippen molar-refractivity contribution in [3.05, 3.63) is 0 Å². The first-order valence-electron chi connectivity index (χ1n) is 41.8. The Labute approximate surface area is 651 Å². The summed E-state index contributed by atoms with van der Waals surface area (Å²) in [6.45, 7) is 7.04. The number of unbranched alkanes of at least 4 members (excludes halogenated alkanes) is 27. The van der Waals surface area contributed by atoms with E-state index in [1.165, 1.54) is 108 Å². The summed E-state index contributed by atoms with van der Waals surface area (Å²) in [6, 6.07) is -1.91. The molecule has 31 heteroatoms. The molecule has 0 aliphatic carbocycles. The third-order valence-corrected chi connectivity index (χ3v) is 23.5. The zero-order chi connectivity index (χ0) is 79.6. The van der Waals surface area contributed by atoms with Gasteiger partial charge in [0.15, 0.2) is 18.4 Å². The van der Waals surface area contributed by atoms with Crippen LogP contribution in [0.1, 0.15) is 284 Å². The van der Waals surface area contributed by atoms with Crippen molar-refractivity contribution in [1.29, 1.82) is 0 Å². The number of hydrogen-bond acceptors (Lipinski definition) is 24. The molecule has 0 aromatic heterocycles. The quantitative estimate of drug-likeness (QED) is 0.0199. The van der Waals surface area contributed by atoms with Gasteiger partial charge < -0.3 is 94.6 Å². The summed E-state index contributed by atoms with van der Waals surface area (Å²) in [5.74, 6) is -2.23. The summed E-state index contributed by atoms with van der Waals surface area (Å²) in [4.78, 5) is 81.7. The van der Waals surface area contributed by atoms with E-state index in [-0.39, 0.29) is 126 Å². The summed E-state index contributed by atoms with van der Waals surface area (Å²) >= 11 is 0. The van der Waals surface area contributed by atoms with Gasteiger partial charge in [-0.1, -0.05) is 149 Å². The fraction of sp³-hybridized carbons (Fsp3) is 0.923. The molecule has 4 heterocycles. The van der Waals surface area contributed by atoms with Crippen LogP contribution in [-0.2, 0) is 74.9 Å². The monoisotopic (exact) mass is 1600 g/mol. The van der Waals surface area contributed by atoms with E-state index in [1.54, 1.807) is 18.7 Å². The van der Waals surface area contributed by atoms with E-state index in [0.717, 1.165) is 38.5 Å². The van der Waals surface area contributed by atoms with Gasteiger partial charge in [-0.05, 0) is 89.9 Å². The van der Waals surface area contributed by atoms with Crippen LogP contribution in [0.4, 0.5) is 0 Å². The van der Waals surface area contributed by atoms with Crippen molar-refractivity contribution in [2.75, 3.05) is 85.7 Å². The minimum Gasteiger partial charge on any atom is -0.396 e. The Morgan fingerprint density at radius 2 is 0.927 bits per heavy atom. The lowest BCUT2D eigenvalue weighted by atomic mass is 9.92. The molecule has 634 valence electrons. The molecule has 4 aliphatic rings. The SMILES string of the molecule is CC(=O)NCCCCCC(=O)N1C[C@H](O[P+](=O)OC[C@@H]2C[C@@H](O)CN2C(=O)CCCCCCC(=O)[C@H](CCCCNC(=O)CCCCOC2OC(CO)C(O)C(O)C2C)NC(=O)CCCCOC2OC(CO)C(O)C(O)C2C)C[C@H]1COP(C)(=O)OCCCCCCCCCCCCCCCCCCCCCCO. The number of nitrogens with zero attached hydrogens (tertiary/aromatic N) is 2. The van der Waals surface area contributed by atoms with Gasteiger partial charge in [0, 0.05) is 108 Å². The number of Topliss-reactive ketones (excluding diaryl/α,β-unsaturated/α-hetero) is 1. The average molecular weight is 1600 g/mol. The van der Waals surface area contributed by atoms with E-state index >= 15 is 0 Å². The molecule has 29 nitrogen and oxygen atoms in total. The summed E-state index contributed by atoms with van der Waals surface area (Å²) in [5, 5.41) is 88.3. The largest absolute Gasteiger partial charge is 0.697 e. The number of likely N-dealkylation sites (tertiary alicyclic amines) is 2. The van der Waals surface area contributed by atoms with Gasteiger partial charge in [-0.15, -0.1) is 9.05 Å². The summed E-state index contributed by atoms with van der Waals surface area (Å²) in [7, 11) is -6.24. The molecule has 4 saturated heterocycles. The number of β-amino-alcohol motifs (C(OH)–C–C–N with tert-alkyl or cyclic N) is 1. The van der Waals surface area contributed by atoms with Crippen LogP contribution >= 0.6 is 15.9 Å². The number of carbonyl (C=O) groups is 6. The first kappa shape index (κ1) is 98.1. The number of nitrogens with one attached hydrogen (secondary N) is 3. The number of amides is 5. The maximum Gasteiger partial charge on any atom is 0.697 e. The van der Waals surface area contributed by atoms with E-state index in [0.29, 0.717) is 110 Å². The second kappa shape index (κ2) is 58.5. The van der Waals surface area contributed by atoms with Crippen molar-refractivity contribution in [2.24, 2.45) is 11.8 Å². The molecule has 0 aromatic rings. The Hall–Kier alpha value is -3.29. The number of aliphatic hydroxyl groups is 8. The highest BCUT2D eigenvalue weighted by Gasteiger charge is 2.46.